The Kier molecular flexibility index (Phi) is 4.16. The predicted molar refractivity (Wildman–Crippen MR) is 84.3 cm³/mol. The van der Waals surface area contributed by atoms with Gasteiger partial charge in [-0.05, 0) is 30.9 Å². The van der Waals surface area contributed by atoms with Crippen molar-refractivity contribution in [1.29, 1.82) is 0 Å². The highest BCUT2D eigenvalue weighted by Crippen LogP contribution is 2.33. The molecule has 9 heteroatoms. The Balaban J connectivity index is 1.66. The molecule has 0 saturated carbocycles. The standard InChI is InChI=1S/C15H17F3N6/c16-15(17,18)12-2-1-10(7-21-12)24-5-3-9(4-6-24)11-8-22-14(20)23-13(11)19/h1-2,7-9H,3-6H2,(H4,19,20,22,23). The summed E-state index contributed by atoms with van der Waals surface area (Å²) in [4.78, 5) is 13.5. The fourth-order valence-corrected chi connectivity index (χ4v) is 2.92. The number of piperidine rings is 1. The Hall–Kier alpha value is -2.58. The summed E-state index contributed by atoms with van der Waals surface area (Å²) >= 11 is 0. The van der Waals surface area contributed by atoms with E-state index in [0.29, 0.717) is 24.6 Å². The van der Waals surface area contributed by atoms with Gasteiger partial charge in [0.1, 0.15) is 11.5 Å². The predicted octanol–water partition coefficient (Wildman–Crippen LogP) is 2.44. The summed E-state index contributed by atoms with van der Waals surface area (Å²) in [5, 5.41) is 0. The number of halogens is 3. The van der Waals surface area contributed by atoms with E-state index in [9.17, 15) is 13.2 Å². The lowest BCUT2D eigenvalue weighted by Gasteiger charge is -2.33. The average Bonchev–Trinajstić information content (AvgIpc) is 2.54. The van der Waals surface area contributed by atoms with Crippen LogP contribution in [0.3, 0.4) is 0 Å². The zero-order valence-corrected chi connectivity index (χ0v) is 12.8. The molecule has 0 aromatic carbocycles. The average molecular weight is 338 g/mol. The molecular weight excluding hydrogens is 321 g/mol. The van der Waals surface area contributed by atoms with Crippen LogP contribution in [-0.4, -0.2) is 28.0 Å². The number of nitrogens with zero attached hydrogens (tertiary/aromatic N) is 4. The molecule has 1 aliphatic heterocycles. The highest BCUT2D eigenvalue weighted by Gasteiger charge is 2.32. The van der Waals surface area contributed by atoms with Crippen LogP contribution in [0.25, 0.3) is 0 Å². The number of pyridine rings is 1. The van der Waals surface area contributed by atoms with Crippen LogP contribution in [0, 0.1) is 0 Å². The number of hydrogen-bond acceptors (Lipinski definition) is 6. The van der Waals surface area contributed by atoms with E-state index >= 15 is 0 Å². The molecule has 6 nitrogen and oxygen atoms in total. The van der Waals surface area contributed by atoms with Gasteiger partial charge in [0, 0.05) is 24.8 Å². The van der Waals surface area contributed by atoms with Gasteiger partial charge in [-0.25, -0.2) is 9.97 Å². The first kappa shape index (κ1) is 16.3. The Bertz CT molecular complexity index is 708. The summed E-state index contributed by atoms with van der Waals surface area (Å²) in [5.74, 6) is 0.742. The zero-order chi connectivity index (χ0) is 17.3. The van der Waals surface area contributed by atoms with E-state index in [1.807, 2.05) is 4.90 Å². The molecule has 1 fully saturated rings. The van der Waals surface area contributed by atoms with Gasteiger partial charge in [-0.1, -0.05) is 0 Å². The molecule has 0 unspecified atom stereocenters. The molecule has 128 valence electrons. The van der Waals surface area contributed by atoms with Gasteiger partial charge < -0.3 is 16.4 Å². The molecule has 0 amide bonds. The lowest BCUT2D eigenvalue weighted by Crippen LogP contribution is -2.33. The second-order valence-corrected chi connectivity index (χ2v) is 5.73. The number of alkyl halides is 3. The number of anilines is 3. The number of rotatable bonds is 2. The van der Waals surface area contributed by atoms with Gasteiger partial charge in [0.15, 0.2) is 0 Å². The number of hydrogen-bond donors (Lipinski definition) is 2. The molecule has 2 aromatic heterocycles. The monoisotopic (exact) mass is 338 g/mol. The van der Waals surface area contributed by atoms with Crippen LogP contribution in [0.1, 0.15) is 30.0 Å². The molecule has 0 radical (unpaired) electrons. The Morgan fingerprint density at radius 1 is 1.04 bits per heavy atom. The van der Waals surface area contributed by atoms with Gasteiger partial charge in [-0.2, -0.15) is 18.2 Å². The van der Waals surface area contributed by atoms with Crippen molar-refractivity contribution in [3.8, 4) is 0 Å². The lowest BCUT2D eigenvalue weighted by molar-refractivity contribution is -0.141. The highest BCUT2D eigenvalue weighted by molar-refractivity contribution is 5.47. The lowest BCUT2D eigenvalue weighted by atomic mass is 9.90. The van der Waals surface area contributed by atoms with Crippen molar-refractivity contribution in [2.24, 2.45) is 0 Å². The van der Waals surface area contributed by atoms with Gasteiger partial charge in [0.2, 0.25) is 5.95 Å². The van der Waals surface area contributed by atoms with E-state index in [2.05, 4.69) is 15.0 Å². The highest BCUT2D eigenvalue weighted by atomic mass is 19.4. The van der Waals surface area contributed by atoms with Crippen LogP contribution in [-0.2, 0) is 6.18 Å². The number of nitrogens with two attached hydrogens (primary N) is 2. The molecule has 2 aromatic rings. The molecule has 24 heavy (non-hydrogen) atoms. The Morgan fingerprint density at radius 3 is 2.29 bits per heavy atom. The van der Waals surface area contributed by atoms with Gasteiger partial charge in [-0.3, -0.25) is 0 Å². The van der Waals surface area contributed by atoms with Crippen molar-refractivity contribution in [1.82, 2.24) is 15.0 Å². The molecule has 1 aliphatic rings. The number of nitrogen functional groups attached to an aromatic ring is 2. The van der Waals surface area contributed by atoms with Crippen molar-refractivity contribution in [2.45, 2.75) is 24.9 Å². The van der Waals surface area contributed by atoms with Crippen molar-refractivity contribution >= 4 is 17.5 Å². The third-order valence-electron chi connectivity index (χ3n) is 4.20. The maximum Gasteiger partial charge on any atom is 0.433 e. The van der Waals surface area contributed by atoms with Crippen LogP contribution in [0.5, 0.6) is 0 Å². The third-order valence-corrected chi connectivity index (χ3v) is 4.20. The molecule has 0 bridgehead atoms. The molecule has 3 rings (SSSR count). The van der Waals surface area contributed by atoms with Crippen molar-refractivity contribution in [2.75, 3.05) is 29.5 Å². The molecule has 0 atom stereocenters. The first-order valence-electron chi connectivity index (χ1n) is 7.50. The maximum atomic E-state index is 12.6. The first-order valence-corrected chi connectivity index (χ1v) is 7.50. The summed E-state index contributed by atoms with van der Waals surface area (Å²) < 4.78 is 37.7. The second-order valence-electron chi connectivity index (χ2n) is 5.73. The SMILES string of the molecule is Nc1ncc(C2CCN(c3ccc(C(F)(F)F)nc3)CC2)c(N)n1. The van der Waals surface area contributed by atoms with Gasteiger partial charge in [0.05, 0.1) is 11.9 Å². The minimum atomic E-state index is -4.42. The third kappa shape index (κ3) is 3.34. The normalized spacial score (nSPS) is 16.4. The van der Waals surface area contributed by atoms with Crippen molar-refractivity contribution in [3.63, 3.8) is 0 Å². The Labute approximate surface area is 136 Å². The van der Waals surface area contributed by atoms with E-state index < -0.39 is 11.9 Å². The maximum absolute atomic E-state index is 12.6. The second kappa shape index (κ2) is 6.14. The number of aromatic nitrogens is 3. The summed E-state index contributed by atoms with van der Waals surface area (Å²) in [5.41, 5.74) is 12.1. The van der Waals surface area contributed by atoms with E-state index in [-0.39, 0.29) is 11.9 Å². The summed E-state index contributed by atoms with van der Waals surface area (Å²) in [7, 11) is 0. The smallest absolute Gasteiger partial charge is 0.383 e. The van der Waals surface area contributed by atoms with Gasteiger partial charge in [-0.15, -0.1) is 0 Å². The van der Waals surface area contributed by atoms with Gasteiger partial charge in [0.25, 0.3) is 0 Å². The molecule has 3 heterocycles. The van der Waals surface area contributed by atoms with Crippen LogP contribution < -0.4 is 16.4 Å². The molecule has 0 aliphatic carbocycles. The Morgan fingerprint density at radius 2 is 1.75 bits per heavy atom. The van der Waals surface area contributed by atoms with Crippen LogP contribution >= 0.6 is 0 Å². The van der Waals surface area contributed by atoms with E-state index in [1.165, 1.54) is 12.3 Å². The van der Waals surface area contributed by atoms with Crippen molar-refractivity contribution < 1.29 is 13.2 Å². The fourth-order valence-electron chi connectivity index (χ4n) is 2.92. The van der Waals surface area contributed by atoms with Crippen molar-refractivity contribution in [3.05, 3.63) is 35.8 Å². The van der Waals surface area contributed by atoms with E-state index in [1.54, 1.807) is 6.20 Å². The summed E-state index contributed by atoms with van der Waals surface area (Å²) in [6.45, 7) is 1.39. The zero-order valence-electron chi connectivity index (χ0n) is 12.8. The first-order chi connectivity index (χ1) is 11.3. The van der Waals surface area contributed by atoms with Crippen LogP contribution in [0.2, 0.25) is 0 Å². The molecule has 0 spiro atoms. The minimum Gasteiger partial charge on any atom is -0.383 e. The molecule has 1 saturated heterocycles. The summed E-state index contributed by atoms with van der Waals surface area (Å²) in [6.07, 6.45) is 0.108. The quantitative estimate of drug-likeness (QED) is 0.873. The molecular formula is C15H17F3N6. The summed E-state index contributed by atoms with van der Waals surface area (Å²) in [6, 6.07) is 2.46. The van der Waals surface area contributed by atoms with Gasteiger partial charge >= 0.3 is 6.18 Å². The topological polar surface area (TPSA) is 94.0 Å². The van der Waals surface area contributed by atoms with Crippen LogP contribution in [0.15, 0.2) is 24.5 Å². The largest absolute Gasteiger partial charge is 0.433 e. The van der Waals surface area contributed by atoms with E-state index in [0.717, 1.165) is 24.5 Å². The minimum absolute atomic E-state index is 0.143. The molecule has 4 N–H and O–H groups in total. The van der Waals surface area contributed by atoms with Crippen LogP contribution in [0.4, 0.5) is 30.6 Å². The van der Waals surface area contributed by atoms with E-state index in [4.69, 9.17) is 11.5 Å². The fraction of sp³-hybridized carbons (Fsp3) is 0.400.